The van der Waals surface area contributed by atoms with Crippen molar-refractivity contribution in [3.05, 3.63) is 23.9 Å². The van der Waals surface area contributed by atoms with Crippen molar-refractivity contribution in [1.82, 2.24) is 10.3 Å². The van der Waals surface area contributed by atoms with Crippen LogP contribution in [0.4, 0.5) is 0 Å². The normalized spacial score (nSPS) is 22.0. The summed E-state index contributed by atoms with van der Waals surface area (Å²) in [6.07, 6.45) is 6.37. The minimum absolute atomic E-state index is 0.0308. The quantitative estimate of drug-likeness (QED) is 0.866. The number of amides is 1. The second-order valence-corrected chi connectivity index (χ2v) is 6.16. The molecule has 20 heavy (non-hydrogen) atoms. The lowest BCUT2D eigenvalue weighted by Crippen LogP contribution is -2.41. The largest absolute Gasteiger partial charge is 0.352 e. The van der Waals surface area contributed by atoms with Gasteiger partial charge >= 0.3 is 0 Å². The average Bonchev–Trinajstić information content (AvgIpc) is 2.48. The van der Waals surface area contributed by atoms with Gasteiger partial charge in [-0.25, -0.2) is 4.98 Å². The Hall–Kier alpha value is -1.54. The smallest absolute Gasteiger partial charge is 0.230 e. The standard InChI is InChI=1S/C15H19N3OS/c1-11-5-2-3-7-13(11)18-14(19)10-20-15-12(9-16)6-4-8-17-15/h4,6,8,11,13H,2-3,5,7,10H2,1H3,(H,18,19). The van der Waals surface area contributed by atoms with Crippen LogP contribution in [0.25, 0.3) is 0 Å². The highest BCUT2D eigenvalue weighted by Crippen LogP contribution is 2.24. The molecule has 5 heteroatoms. The maximum Gasteiger partial charge on any atom is 0.230 e. The van der Waals surface area contributed by atoms with Crippen LogP contribution < -0.4 is 5.32 Å². The number of carbonyl (C=O) groups is 1. The van der Waals surface area contributed by atoms with Crippen LogP contribution in [-0.2, 0) is 4.79 Å². The zero-order valence-corrected chi connectivity index (χ0v) is 12.4. The van der Waals surface area contributed by atoms with E-state index in [1.165, 1.54) is 31.0 Å². The summed E-state index contributed by atoms with van der Waals surface area (Å²) >= 11 is 1.32. The second-order valence-electron chi connectivity index (χ2n) is 5.19. The molecule has 1 aromatic rings. The van der Waals surface area contributed by atoms with Crippen molar-refractivity contribution in [1.29, 1.82) is 5.26 Å². The summed E-state index contributed by atoms with van der Waals surface area (Å²) in [5.41, 5.74) is 0.524. The molecular weight excluding hydrogens is 270 g/mol. The third kappa shape index (κ3) is 3.97. The summed E-state index contributed by atoms with van der Waals surface area (Å²) in [5, 5.41) is 12.7. The molecule has 0 aromatic carbocycles. The number of aromatic nitrogens is 1. The summed E-state index contributed by atoms with van der Waals surface area (Å²) in [4.78, 5) is 16.1. The fourth-order valence-corrected chi connectivity index (χ4v) is 3.26. The number of rotatable bonds is 4. The van der Waals surface area contributed by atoms with E-state index >= 15 is 0 Å². The van der Waals surface area contributed by atoms with Gasteiger partial charge in [-0.15, -0.1) is 0 Å². The summed E-state index contributed by atoms with van der Waals surface area (Å²) in [5.74, 6) is 0.903. The van der Waals surface area contributed by atoms with Crippen LogP contribution in [-0.4, -0.2) is 22.7 Å². The molecule has 1 aromatic heterocycles. The van der Waals surface area contributed by atoms with Crippen molar-refractivity contribution < 1.29 is 4.79 Å². The Kier molecular flexibility index (Phi) is 5.42. The van der Waals surface area contributed by atoms with Gasteiger partial charge in [0.1, 0.15) is 11.1 Å². The van der Waals surface area contributed by atoms with Crippen LogP contribution in [0.5, 0.6) is 0 Å². The lowest BCUT2D eigenvalue weighted by atomic mass is 9.86. The molecule has 2 rings (SSSR count). The second kappa shape index (κ2) is 7.30. The van der Waals surface area contributed by atoms with Crippen LogP contribution in [0.3, 0.4) is 0 Å². The minimum atomic E-state index is 0.0308. The highest BCUT2D eigenvalue weighted by atomic mass is 32.2. The summed E-state index contributed by atoms with van der Waals surface area (Å²) in [6, 6.07) is 5.84. The molecule has 1 aliphatic carbocycles. The summed E-state index contributed by atoms with van der Waals surface area (Å²) in [6.45, 7) is 2.20. The maximum absolute atomic E-state index is 12.0. The van der Waals surface area contributed by atoms with E-state index < -0.39 is 0 Å². The molecule has 0 radical (unpaired) electrons. The molecule has 0 bridgehead atoms. The lowest BCUT2D eigenvalue weighted by molar-refractivity contribution is -0.119. The predicted octanol–water partition coefficient (Wildman–Crippen LogP) is 2.74. The maximum atomic E-state index is 12.0. The molecule has 1 heterocycles. The summed E-state index contributed by atoms with van der Waals surface area (Å²) < 4.78 is 0. The Labute approximate surface area is 124 Å². The van der Waals surface area contributed by atoms with E-state index in [4.69, 9.17) is 5.26 Å². The van der Waals surface area contributed by atoms with E-state index in [1.54, 1.807) is 18.3 Å². The van der Waals surface area contributed by atoms with Crippen molar-refractivity contribution in [3.63, 3.8) is 0 Å². The molecule has 2 atom stereocenters. The van der Waals surface area contributed by atoms with Gasteiger partial charge in [0.2, 0.25) is 5.91 Å². The van der Waals surface area contributed by atoms with Crippen molar-refractivity contribution in [2.45, 2.75) is 43.7 Å². The minimum Gasteiger partial charge on any atom is -0.352 e. The van der Waals surface area contributed by atoms with E-state index in [1.807, 2.05) is 0 Å². The third-order valence-corrected chi connectivity index (χ3v) is 4.69. The SMILES string of the molecule is CC1CCCCC1NC(=O)CSc1ncccc1C#N. The van der Waals surface area contributed by atoms with Crippen LogP contribution >= 0.6 is 11.8 Å². The average molecular weight is 289 g/mol. The molecule has 1 saturated carbocycles. The van der Waals surface area contributed by atoms with Gasteiger partial charge in [-0.05, 0) is 30.9 Å². The molecule has 1 N–H and O–H groups in total. The van der Waals surface area contributed by atoms with Crippen molar-refractivity contribution >= 4 is 17.7 Å². The molecule has 0 saturated heterocycles. The lowest BCUT2D eigenvalue weighted by Gasteiger charge is -2.29. The number of pyridine rings is 1. The molecule has 106 valence electrons. The fourth-order valence-electron chi connectivity index (χ4n) is 2.50. The van der Waals surface area contributed by atoms with Gasteiger partial charge in [0, 0.05) is 12.2 Å². The highest BCUT2D eigenvalue weighted by molar-refractivity contribution is 7.99. The third-order valence-electron chi connectivity index (χ3n) is 3.69. The van der Waals surface area contributed by atoms with Crippen molar-refractivity contribution in [3.8, 4) is 6.07 Å². The molecule has 0 spiro atoms. The van der Waals surface area contributed by atoms with E-state index in [9.17, 15) is 4.79 Å². The molecule has 1 fully saturated rings. The number of hydrogen-bond donors (Lipinski definition) is 1. The van der Waals surface area contributed by atoms with Crippen LogP contribution in [0.1, 0.15) is 38.2 Å². The topological polar surface area (TPSA) is 65.8 Å². The van der Waals surface area contributed by atoms with Gasteiger partial charge < -0.3 is 5.32 Å². The summed E-state index contributed by atoms with van der Waals surface area (Å²) in [7, 11) is 0. The van der Waals surface area contributed by atoms with Gasteiger partial charge in [0.05, 0.1) is 11.3 Å². The van der Waals surface area contributed by atoms with Gasteiger partial charge in [-0.1, -0.05) is 31.5 Å². The molecular formula is C15H19N3OS. The Morgan fingerprint density at radius 2 is 2.35 bits per heavy atom. The first-order valence-corrected chi connectivity index (χ1v) is 7.96. The first-order valence-electron chi connectivity index (χ1n) is 6.98. The van der Waals surface area contributed by atoms with E-state index in [0.29, 0.717) is 28.3 Å². The molecule has 1 amide bonds. The van der Waals surface area contributed by atoms with Crippen molar-refractivity contribution in [2.75, 3.05) is 5.75 Å². The Balaban J connectivity index is 1.84. The first kappa shape index (κ1) is 14.9. The number of nitriles is 1. The first-order chi connectivity index (χ1) is 9.70. The number of hydrogen-bond acceptors (Lipinski definition) is 4. The van der Waals surface area contributed by atoms with Crippen molar-refractivity contribution in [2.24, 2.45) is 5.92 Å². The van der Waals surface area contributed by atoms with Crippen LogP contribution in [0.15, 0.2) is 23.4 Å². The Morgan fingerprint density at radius 3 is 3.10 bits per heavy atom. The van der Waals surface area contributed by atoms with Gasteiger partial charge in [0.15, 0.2) is 0 Å². The van der Waals surface area contributed by atoms with E-state index in [-0.39, 0.29) is 5.91 Å². The number of nitrogens with zero attached hydrogens (tertiary/aromatic N) is 2. The molecule has 2 unspecified atom stereocenters. The molecule has 1 aliphatic rings. The van der Waals surface area contributed by atoms with Gasteiger partial charge in [-0.2, -0.15) is 5.26 Å². The predicted molar refractivity (Wildman–Crippen MR) is 79.2 cm³/mol. The van der Waals surface area contributed by atoms with E-state index in [0.717, 1.165) is 6.42 Å². The van der Waals surface area contributed by atoms with Crippen LogP contribution in [0.2, 0.25) is 0 Å². The number of thioether (sulfide) groups is 1. The fraction of sp³-hybridized carbons (Fsp3) is 0.533. The zero-order valence-electron chi connectivity index (χ0n) is 11.6. The van der Waals surface area contributed by atoms with E-state index in [2.05, 4.69) is 23.3 Å². The number of nitrogens with one attached hydrogen (secondary N) is 1. The monoisotopic (exact) mass is 289 g/mol. The van der Waals surface area contributed by atoms with Gasteiger partial charge in [-0.3, -0.25) is 4.79 Å². The highest BCUT2D eigenvalue weighted by Gasteiger charge is 2.22. The zero-order chi connectivity index (χ0) is 14.4. The van der Waals surface area contributed by atoms with Gasteiger partial charge in [0.25, 0.3) is 0 Å². The molecule has 0 aliphatic heterocycles. The Morgan fingerprint density at radius 1 is 1.55 bits per heavy atom. The molecule has 4 nitrogen and oxygen atoms in total. The number of carbonyl (C=O) groups excluding carboxylic acids is 1. The Bertz CT molecular complexity index is 512. The van der Waals surface area contributed by atoms with Crippen LogP contribution in [0, 0.1) is 17.2 Å².